The van der Waals surface area contributed by atoms with Crippen LogP contribution >= 0.6 is 11.6 Å². The van der Waals surface area contributed by atoms with Crippen LogP contribution in [0.25, 0.3) is 0 Å². The van der Waals surface area contributed by atoms with Crippen LogP contribution in [-0.4, -0.2) is 64.8 Å². The number of halogens is 1. The van der Waals surface area contributed by atoms with Gasteiger partial charge in [-0.05, 0) is 26.0 Å². The smallest absolute Gasteiger partial charge is 0.257 e. The van der Waals surface area contributed by atoms with E-state index in [4.69, 9.17) is 16.3 Å². The first kappa shape index (κ1) is 18.7. The number of rotatable bonds is 5. The number of carbonyl (C=O) groups is 1. The molecule has 0 atom stereocenters. The first-order chi connectivity index (χ1) is 12.5. The summed E-state index contributed by atoms with van der Waals surface area (Å²) in [6.45, 7) is 8.36. The van der Waals surface area contributed by atoms with Gasteiger partial charge in [-0.15, -0.1) is 0 Å². The van der Waals surface area contributed by atoms with Crippen LogP contribution in [0.15, 0.2) is 24.3 Å². The van der Waals surface area contributed by atoms with Crippen LogP contribution in [0.5, 0.6) is 5.75 Å². The number of nitrogens with zero attached hydrogens (tertiary/aromatic N) is 4. The molecule has 2 heterocycles. The number of amides is 1. The highest BCUT2D eigenvalue weighted by atomic mass is 35.5. The van der Waals surface area contributed by atoms with Crippen LogP contribution in [0.4, 0.5) is 0 Å². The Hall–Kier alpha value is -2.05. The predicted octanol–water partition coefficient (Wildman–Crippen LogP) is 2.53. The summed E-state index contributed by atoms with van der Waals surface area (Å²) < 4.78 is 7.52. The van der Waals surface area contributed by atoms with Crippen LogP contribution in [0.2, 0.25) is 5.02 Å². The van der Waals surface area contributed by atoms with E-state index in [1.165, 1.54) is 0 Å². The van der Waals surface area contributed by atoms with Gasteiger partial charge >= 0.3 is 0 Å². The Labute approximate surface area is 159 Å². The summed E-state index contributed by atoms with van der Waals surface area (Å²) in [6.07, 6.45) is 0. The molecule has 0 N–H and O–H groups in total. The van der Waals surface area contributed by atoms with Crippen molar-refractivity contribution in [2.45, 2.75) is 13.8 Å². The average molecular weight is 377 g/mol. The van der Waals surface area contributed by atoms with Crippen molar-refractivity contribution in [2.75, 3.05) is 39.3 Å². The van der Waals surface area contributed by atoms with Gasteiger partial charge in [-0.3, -0.25) is 14.4 Å². The normalized spacial score (nSPS) is 15.3. The molecule has 1 aliphatic rings. The van der Waals surface area contributed by atoms with Crippen molar-refractivity contribution >= 4 is 17.5 Å². The highest BCUT2D eigenvalue weighted by Crippen LogP contribution is 2.23. The molecule has 1 fully saturated rings. The van der Waals surface area contributed by atoms with Gasteiger partial charge in [-0.25, -0.2) is 0 Å². The standard InChI is InChI=1S/C19H25ClN4O2/c1-14-18(15(2)22(3)21-14)19(25)24-10-8-23(9-11-24)12-13-26-17-7-5-4-6-16(17)20/h4-7H,8-13H2,1-3H3. The molecule has 26 heavy (non-hydrogen) atoms. The van der Waals surface area contributed by atoms with Crippen molar-refractivity contribution in [1.29, 1.82) is 0 Å². The number of aryl methyl sites for hydroxylation is 2. The lowest BCUT2D eigenvalue weighted by molar-refractivity contribution is 0.0619. The highest BCUT2D eigenvalue weighted by Gasteiger charge is 2.26. The second-order valence-corrected chi connectivity index (χ2v) is 6.99. The first-order valence-corrected chi connectivity index (χ1v) is 9.24. The number of benzene rings is 1. The second kappa shape index (κ2) is 8.10. The Morgan fingerprint density at radius 3 is 2.50 bits per heavy atom. The first-order valence-electron chi connectivity index (χ1n) is 8.86. The number of hydrogen-bond donors (Lipinski definition) is 0. The van der Waals surface area contributed by atoms with E-state index in [2.05, 4.69) is 10.00 Å². The summed E-state index contributed by atoms with van der Waals surface area (Å²) in [7, 11) is 1.87. The average Bonchev–Trinajstić information content (AvgIpc) is 2.89. The van der Waals surface area contributed by atoms with Crippen molar-refractivity contribution in [3.63, 3.8) is 0 Å². The van der Waals surface area contributed by atoms with Crippen LogP contribution in [-0.2, 0) is 7.05 Å². The van der Waals surface area contributed by atoms with Crippen LogP contribution < -0.4 is 4.74 Å². The minimum absolute atomic E-state index is 0.0834. The van der Waals surface area contributed by atoms with Crippen molar-refractivity contribution in [1.82, 2.24) is 19.6 Å². The number of aromatic nitrogens is 2. The van der Waals surface area contributed by atoms with E-state index >= 15 is 0 Å². The molecule has 1 aromatic heterocycles. The number of para-hydroxylation sites is 1. The lowest BCUT2D eigenvalue weighted by Crippen LogP contribution is -2.49. The quantitative estimate of drug-likeness (QED) is 0.804. The maximum Gasteiger partial charge on any atom is 0.257 e. The lowest BCUT2D eigenvalue weighted by atomic mass is 10.1. The molecule has 0 aliphatic carbocycles. The van der Waals surface area contributed by atoms with Gasteiger partial charge < -0.3 is 9.64 Å². The van der Waals surface area contributed by atoms with E-state index < -0.39 is 0 Å². The molecule has 140 valence electrons. The monoisotopic (exact) mass is 376 g/mol. The lowest BCUT2D eigenvalue weighted by Gasteiger charge is -2.34. The fourth-order valence-electron chi connectivity index (χ4n) is 3.26. The van der Waals surface area contributed by atoms with E-state index in [9.17, 15) is 4.79 Å². The molecular weight excluding hydrogens is 352 g/mol. The van der Waals surface area contributed by atoms with Crippen molar-refractivity contribution in [2.24, 2.45) is 7.05 Å². The third-order valence-electron chi connectivity index (χ3n) is 4.88. The van der Waals surface area contributed by atoms with E-state index in [-0.39, 0.29) is 5.91 Å². The summed E-state index contributed by atoms with van der Waals surface area (Å²) in [5.74, 6) is 0.797. The summed E-state index contributed by atoms with van der Waals surface area (Å²) in [6, 6.07) is 7.49. The molecule has 6 nitrogen and oxygen atoms in total. The highest BCUT2D eigenvalue weighted by molar-refractivity contribution is 6.32. The van der Waals surface area contributed by atoms with Gasteiger partial charge in [0.25, 0.3) is 5.91 Å². The Balaban J connectivity index is 1.48. The van der Waals surface area contributed by atoms with Gasteiger partial charge in [0.15, 0.2) is 0 Å². The van der Waals surface area contributed by atoms with Crippen LogP contribution in [0.3, 0.4) is 0 Å². The molecule has 0 unspecified atom stereocenters. The Morgan fingerprint density at radius 2 is 1.88 bits per heavy atom. The Kier molecular flexibility index (Phi) is 5.84. The number of carbonyl (C=O) groups excluding carboxylic acids is 1. The molecule has 1 aromatic carbocycles. The number of hydrogen-bond acceptors (Lipinski definition) is 4. The molecule has 0 bridgehead atoms. The SMILES string of the molecule is Cc1nn(C)c(C)c1C(=O)N1CCN(CCOc2ccccc2Cl)CC1. The van der Waals surface area contributed by atoms with Crippen molar-refractivity contribution < 1.29 is 9.53 Å². The van der Waals surface area contributed by atoms with Gasteiger partial charge in [0.2, 0.25) is 0 Å². The molecular formula is C19H25ClN4O2. The minimum Gasteiger partial charge on any atom is -0.491 e. The van der Waals surface area contributed by atoms with E-state index in [1.54, 1.807) is 4.68 Å². The molecule has 1 saturated heterocycles. The summed E-state index contributed by atoms with van der Waals surface area (Å²) in [5, 5.41) is 4.98. The summed E-state index contributed by atoms with van der Waals surface area (Å²) in [5.41, 5.74) is 2.46. The van der Waals surface area contributed by atoms with Gasteiger partial charge in [-0.1, -0.05) is 23.7 Å². The topological polar surface area (TPSA) is 50.6 Å². The van der Waals surface area contributed by atoms with Gasteiger partial charge in [0, 0.05) is 45.5 Å². The number of piperazine rings is 1. The predicted molar refractivity (Wildman–Crippen MR) is 102 cm³/mol. The number of ether oxygens (including phenoxy) is 1. The van der Waals surface area contributed by atoms with Crippen molar-refractivity contribution in [3.05, 3.63) is 46.2 Å². The fourth-order valence-corrected chi connectivity index (χ4v) is 3.45. The van der Waals surface area contributed by atoms with Crippen LogP contribution in [0.1, 0.15) is 21.7 Å². The summed E-state index contributed by atoms with van der Waals surface area (Å²) >= 11 is 6.10. The fraction of sp³-hybridized carbons (Fsp3) is 0.474. The third kappa shape index (κ3) is 4.02. The molecule has 1 amide bonds. The second-order valence-electron chi connectivity index (χ2n) is 6.58. The van der Waals surface area contributed by atoms with Gasteiger partial charge in [0.1, 0.15) is 12.4 Å². The zero-order chi connectivity index (χ0) is 18.7. The van der Waals surface area contributed by atoms with E-state index in [0.29, 0.717) is 17.4 Å². The third-order valence-corrected chi connectivity index (χ3v) is 5.20. The molecule has 0 spiro atoms. The Bertz CT molecular complexity index is 782. The molecule has 0 saturated carbocycles. The molecule has 1 aliphatic heterocycles. The zero-order valence-electron chi connectivity index (χ0n) is 15.5. The van der Waals surface area contributed by atoms with Crippen molar-refractivity contribution in [3.8, 4) is 5.75 Å². The maximum absolute atomic E-state index is 12.8. The zero-order valence-corrected chi connectivity index (χ0v) is 16.3. The van der Waals surface area contributed by atoms with E-state index in [1.807, 2.05) is 50.1 Å². The largest absolute Gasteiger partial charge is 0.491 e. The summed E-state index contributed by atoms with van der Waals surface area (Å²) in [4.78, 5) is 17.0. The molecule has 7 heteroatoms. The molecule has 0 radical (unpaired) electrons. The van der Waals surface area contributed by atoms with Crippen LogP contribution in [0, 0.1) is 13.8 Å². The molecule has 2 aromatic rings. The maximum atomic E-state index is 12.8. The minimum atomic E-state index is 0.0834. The van der Waals surface area contributed by atoms with Gasteiger partial charge in [-0.2, -0.15) is 5.10 Å². The Morgan fingerprint density at radius 1 is 1.19 bits per heavy atom. The molecule has 3 rings (SSSR count). The van der Waals surface area contributed by atoms with Gasteiger partial charge in [0.05, 0.1) is 16.3 Å². The van der Waals surface area contributed by atoms with E-state index in [0.717, 1.165) is 49.7 Å².